The molecule has 164 valence electrons. The third kappa shape index (κ3) is 4.92. The molecule has 8 nitrogen and oxygen atoms in total. The summed E-state index contributed by atoms with van der Waals surface area (Å²) in [5.41, 5.74) is 1.06. The number of rotatable bonds is 7. The number of aromatic nitrogens is 4. The van der Waals surface area contributed by atoms with Crippen LogP contribution in [0.15, 0.2) is 30.6 Å². The number of piperidine rings is 1. The monoisotopic (exact) mass is 440 g/mol. The summed E-state index contributed by atoms with van der Waals surface area (Å²) in [6, 6.07) is 8.33. The average molecular weight is 441 g/mol. The van der Waals surface area contributed by atoms with E-state index in [1.807, 2.05) is 30.9 Å². The summed E-state index contributed by atoms with van der Waals surface area (Å²) >= 11 is 1.54. The Morgan fingerprint density at radius 3 is 2.87 bits per heavy atom. The molecule has 3 aromatic rings. The number of thiophene rings is 1. The number of fused-ring (bicyclic) bond motifs is 1. The molecule has 4 rings (SSSR count). The van der Waals surface area contributed by atoms with Crippen LogP contribution in [0.25, 0.3) is 10.1 Å². The Morgan fingerprint density at radius 1 is 1.26 bits per heavy atom. The van der Waals surface area contributed by atoms with Gasteiger partial charge in [0, 0.05) is 29.7 Å². The highest BCUT2D eigenvalue weighted by Gasteiger charge is 2.29. The summed E-state index contributed by atoms with van der Waals surface area (Å²) in [6.45, 7) is 5.17. The molecular formula is C22H28N6O2S. The van der Waals surface area contributed by atoms with E-state index in [4.69, 9.17) is 0 Å². The minimum absolute atomic E-state index is 0.0291. The van der Waals surface area contributed by atoms with Crippen LogP contribution < -0.4 is 5.32 Å². The number of nitrogens with zero attached hydrogens (tertiary/aromatic N) is 5. The Kier molecular flexibility index (Phi) is 6.60. The van der Waals surface area contributed by atoms with E-state index in [1.54, 1.807) is 4.68 Å². The number of aryl methyl sites for hydroxylation is 1. The molecule has 31 heavy (non-hydrogen) atoms. The molecule has 0 aliphatic carbocycles. The lowest BCUT2D eigenvalue weighted by molar-refractivity contribution is -0.135. The van der Waals surface area contributed by atoms with E-state index in [2.05, 4.69) is 33.0 Å². The van der Waals surface area contributed by atoms with Crippen molar-refractivity contribution in [2.75, 3.05) is 6.54 Å². The van der Waals surface area contributed by atoms with Gasteiger partial charge in [-0.05, 0) is 67.0 Å². The van der Waals surface area contributed by atoms with Crippen LogP contribution in [0.4, 0.5) is 0 Å². The fourth-order valence-corrected chi connectivity index (χ4v) is 5.36. The standard InChI is InChI=1S/C22H28N6O2S/c1-15(2)24-22(30)21-18(17-8-3-4-9-19(17)31-21)13-16-7-5-6-11-28(16)20(29)10-12-27-14-23-25-26-27/h3-4,8-9,14-16H,5-7,10-13H2,1-2H3,(H,24,30). The lowest BCUT2D eigenvalue weighted by atomic mass is 9.93. The van der Waals surface area contributed by atoms with Gasteiger partial charge in [0.2, 0.25) is 5.91 Å². The van der Waals surface area contributed by atoms with Crippen molar-refractivity contribution in [3.63, 3.8) is 0 Å². The zero-order valence-corrected chi connectivity index (χ0v) is 18.8. The zero-order chi connectivity index (χ0) is 21.8. The highest BCUT2D eigenvalue weighted by atomic mass is 32.1. The normalized spacial score (nSPS) is 16.7. The molecule has 1 aromatic carbocycles. The molecule has 0 saturated carbocycles. The first kappa shape index (κ1) is 21.4. The molecule has 1 N–H and O–H groups in total. The Balaban J connectivity index is 1.57. The number of nitrogens with one attached hydrogen (secondary N) is 1. The van der Waals surface area contributed by atoms with Gasteiger partial charge >= 0.3 is 0 Å². The molecule has 1 saturated heterocycles. The number of likely N-dealkylation sites (tertiary alicyclic amines) is 1. The van der Waals surface area contributed by atoms with Crippen molar-refractivity contribution in [1.29, 1.82) is 0 Å². The molecular weight excluding hydrogens is 412 g/mol. The molecule has 1 atom stereocenters. The van der Waals surface area contributed by atoms with E-state index in [9.17, 15) is 9.59 Å². The van der Waals surface area contributed by atoms with E-state index >= 15 is 0 Å². The number of hydrogen-bond donors (Lipinski definition) is 1. The van der Waals surface area contributed by atoms with Gasteiger partial charge in [0.1, 0.15) is 6.33 Å². The fraction of sp³-hybridized carbons (Fsp3) is 0.500. The highest BCUT2D eigenvalue weighted by molar-refractivity contribution is 7.21. The molecule has 1 aliphatic rings. The van der Waals surface area contributed by atoms with Crippen LogP contribution in [0.1, 0.15) is 54.8 Å². The Hall–Kier alpha value is -2.81. The second kappa shape index (κ2) is 9.55. The Labute approximate surface area is 185 Å². The number of tetrazole rings is 1. The molecule has 0 radical (unpaired) electrons. The quantitative estimate of drug-likeness (QED) is 0.610. The molecule has 0 bridgehead atoms. The van der Waals surface area contributed by atoms with Gasteiger partial charge < -0.3 is 10.2 Å². The van der Waals surface area contributed by atoms with Crippen LogP contribution in [0.2, 0.25) is 0 Å². The van der Waals surface area contributed by atoms with Gasteiger partial charge in [-0.2, -0.15) is 0 Å². The lowest BCUT2D eigenvalue weighted by Gasteiger charge is -2.36. The third-order valence-corrected chi connectivity index (χ3v) is 6.87. The first-order chi connectivity index (χ1) is 15.0. The van der Waals surface area contributed by atoms with Gasteiger partial charge in [-0.3, -0.25) is 9.59 Å². The average Bonchev–Trinajstić information content (AvgIpc) is 3.40. The van der Waals surface area contributed by atoms with Crippen molar-refractivity contribution in [1.82, 2.24) is 30.4 Å². The summed E-state index contributed by atoms with van der Waals surface area (Å²) in [4.78, 5) is 28.7. The topological polar surface area (TPSA) is 93.0 Å². The van der Waals surface area contributed by atoms with Gasteiger partial charge in [-0.15, -0.1) is 16.4 Å². The molecule has 0 spiro atoms. The summed E-state index contributed by atoms with van der Waals surface area (Å²) in [5.74, 6) is 0.0893. The number of amides is 2. The molecule has 1 unspecified atom stereocenters. The summed E-state index contributed by atoms with van der Waals surface area (Å²) in [5, 5.41) is 15.2. The largest absolute Gasteiger partial charge is 0.349 e. The Morgan fingerprint density at radius 2 is 2.10 bits per heavy atom. The lowest BCUT2D eigenvalue weighted by Crippen LogP contribution is -2.45. The minimum Gasteiger partial charge on any atom is -0.349 e. The number of benzene rings is 1. The van der Waals surface area contributed by atoms with Crippen molar-refractivity contribution in [3.05, 3.63) is 41.0 Å². The van der Waals surface area contributed by atoms with Gasteiger partial charge in [-0.1, -0.05) is 18.2 Å². The van der Waals surface area contributed by atoms with Crippen LogP contribution in [0, 0.1) is 0 Å². The maximum Gasteiger partial charge on any atom is 0.261 e. The molecule has 1 aliphatic heterocycles. The SMILES string of the molecule is CC(C)NC(=O)c1sc2ccccc2c1CC1CCCCN1C(=O)CCn1cnnn1. The predicted molar refractivity (Wildman–Crippen MR) is 120 cm³/mol. The van der Waals surface area contributed by atoms with Gasteiger partial charge in [0.05, 0.1) is 11.4 Å². The molecule has 1 fully saturated rings. The Bertz CT molecular complexity index is 1050. The minimum atomic E-state index is -0.0291. The van der Waals surface area contributed by atoms with Gasteiger partial charge in [0.25, 0.3) is 5.91 Å². The van der Waals surface area contributed by atoms with Crippen molar-refractivity contribution in [2.24, 2.45) is 0 Å². The predicted octanol–water partition coefficient (Wildman–Crippen LogP) is 3.04. The second-order valence-electron chi connectivity index (χ2n) is 8.30. The highest BCUT2D eigenvalue weighted by Crippen LogP contribution is 2.34. The maximum atomic E-state index is 13.0. The second-order valence-corrected chi connectivity index (χ2v) is 9.35. The zero-order valence-electron chi connectivity index (χ0n) is 18.0. The first-order valence-corrected chi connectivity index (χ1v) is 11.7. The van der Waals surface area contributed by atoms with E-state index in [-0.39, 0.29) is 23.9 Å². The van der Waals surface area contributed by atoms with Crippen molar-refractivity contribution in [2.45, 2.75) is 64.6 Å². The number of hydrogen-bond acceptors (Lipinski definition) is 6. The van der Waals surface area contributed by atoms with Crippen LogP contribution in [-0.2, 0) is 17.8 Å². The summed E-state index contributed by atoms with van der Waals surface area (Å²) in [7, 11) is 0. The van der Waals surface area contributed by atoms with Crippen molar-refractivity contribution in [3.8, 4) is 0 Å². The van der Waals surface area contributed by atoms with Crippen molar-refractivity contribution < 1.29 is 9.59 Å². The van der Waals surface area contributed by atoms with E-state index < -0.39 is 0 Å². The van der Waals surface area contributed by atoms with Crippen molar-refractivity contribution >= 4 is 33.2 Å². The van der Waals surface area contributed by atoms with Crippen LogP contribution in [-0.4, -0.2) is 55.5 Å². The van der Waals surface area contributed by atoms with E-state index in [1.165, 1.54) is 17.7 Å². The molecule has 2 amide bonds. The maximum absolute atomic E-state index is 13.0. The molecule has 9 heteroatoms. The number of carbonyl (C=O) groups excluding carboxylic acids is 2. The van der Waals surface area contributed by atoms with Crippen LogP contribution in [0.5, 0.6) is 0 Å². The smallest absolute Gasteiger partial charge is 0.261 e. The van der Waals surface area contributed by atoms with E-state index in [0.29, 0.717) is 19.4 Å². The van der Waals surface area contributed by atoms with Crippen LogP contribution in [0.3, 0.4) is 0 Å². The molecule has 2 aromatic heterocycles. The van der Waals surface area contributed by atoms with Gasteiger partial charge in [0.15, 0.2) is 0 Å². The third-order valence-electron chi connectivity index (χ3n) is 5.66. The van der Waals surface area contributed by atoms with Gasteiger partial charge in [-0.25, -0.2) is 4.68 Å². The fourth-order valence-electron chi connectivity index (χ4n) is 4.23. The van der Waals surface area contributed by atoms with E-state index in [0.717, 1.165) is 46.3 Å². The molecule has 3 heterocycles. The number of carbonyl (C=O) groups is 2. The summed E-state index contributed by atoms with van der Waals surface area (Å²) in [6.07, 6.45) is 5.65. The van der Waals surface area contributed by atoms with Crippen LogP contribution >= 0.6 is 11.3 Å². The summed E-state index contributed by atoms with van der Waals surface area (Å²) < 4.78 is 2.69. The first-order valence-electron chi connectivity index (χ1n) is 10.8.